The molecule has 3 unspecified atom stereocenters. The summed E-state index contributed by atoms with van der Waals surface area (Å²) in [4.78, 5) is 12.4. The molecule has 4 heteroatoms. The first-order chi connectivity index (χ1) is 9.67. The molecule has 1 saturated carbocycles. The van der Waals surface area contributed by atoms with Gasteiger partial charge in [0.1, 0.15) is 0 Å². The van der Waals surface area contributed by atoms with Crippen LogP contribution in [0.1, 0.15) is 37.3 Å². The van der Waals surface area contributed by atoms with Crippen LogP contribution in [0.3, 0.4) is 0 Å². The number of benzene rings is 1. The summed E-state index contributed by atoms with van der Waals surface area (Å²) in [6.45, 7) is 2.79. The van der Waals surface area contributed by atoms with Gasteiger partial charge in [-0.05, 0) is 50.8 Å². The highest BCUT2D eigenvalue weighted by atomic mass is 35.5. The van der Waals surface area contributed by atoms with Gasteiger partial charge in [-0.2, -0.15) is 0 Å². The van der Waals surface area contributed by atoms with Gasteiger partial charge in [0, 0.05) is 23.9 Å². The minimum absolute atomic E-state index is 0. The third-order valence-corrected chi connectivity index (χ3v) is 5.09. The molecule has 2 aliphatic carbocycles. The zero-order chi connectivity index (χ0) is 14.2. The molecule has 0 saturated heterocycles. The summed E-state index contributed by atoms with van der Waals surface area (Å²) in [6.07, 6.45) is 4.59. The van der Waals surface area contributed by atoms with E-state index in [2.05, 4.69) is 41.8 Å². The molecule has 2 N–H and O–H groups in total. The van der Waals surface area contributed by atoms with Crippen LogP contribution in [0.5, 0.6) is 0 Å². The Morgan fingerprint density at radius 1 is 1.43 bits per heavy atom. The number of halogens is 1. The average Bonchev–Trinajstić information content (AvgIpc) is 3.20. The molecular formula is C17H25ClN2O. The second kappa shape index (κ2) is 6.37. The Balaban J connectivity index is 0.00000161. The molecule has 0 aliphatic heterocycles. The molecule has 2 aliphatic rings. The molecule has 3 nitrogen and oxygen atoms in total. The highest BCUT2D eigenvalue weighted by molar-refractivity contribution is 5.85. The van der Waals surface area contributed by atoms with E-state index in [0.29, 0.717) is 12.6 Å². The third kappa shape index (κ3) is 2.95. The summed E-state index contributed by atoms with van der Waals surface area (Å²) in [5, 5.41) is 6.25. The summed E-state index contributed by atoms with van der Waals surface area (Å²) in [6, 6.07) is 9.02. The van der Waals surface area contributed by atoms with Gasteiger partial charge in [-0.25, -0.2) is 0 Å². The lowest BCUT2D eigenvalue weighted by Crippen LogP contribution is -2.39. The maximum atomic E-state index is 12.4. The second-order valence-corrected chi connectivity index (χ2v) is 6.36. The van der Waals surface area contributed by atoms with Crippen LogP contribution in [0.4, 0.5) is 0 Å². The van der Waals surface area contributed by atoms with E-state index in [-0.39, 0.29) is 29.6 Å². The molecule has 1 amide bonds. The van der Waals surface area contributed by atoms with Crippen LogP contribution in [-0.2, 0) is 16.6 Å². The fourth-order valence-electron chi connectivity index (χ4n) is 3.65. The van der Waals surface area contributed by atoms with Crippen molar-refractivity contribution in [3.63, 3.8) is 0 Å². The van der Waals surface area contributed by atoms with Gasteiger partial charge in [0.05, 0.1) is 0 Å². The normalized spacial score (nSPS) is 27.4. The number of carbonyl (C=O) groups is 1. The van der Waals surface area contributed by atoms with E-state index in [1.165, 1.54) is 30.4 Å². The van der Waals surface area contributed by atoms with Crippen molar-refractivity contribution in [1.82, 2.24) is 10.6 Å². The largest absolute Gasteiger partial charge is 0.354 e. The quantitative estimate of drug-likeness (QED) is 0.897. The number of rotatable bonds is 4. The molecule has 3 rings (SSSR count). The van der Waals surface area contributed by atoms with Crippen molar-refractivity contribution in [2.24, 2.45) is 5.92 Å². The van der Waals surface area contributed by atoms with Crippen molar-refractivity contribution in [3.05, 3.63) is 35.4 Å². The van der Waals surface area contributed by atoms with E-state index < -0.39 is 0 Å². The van der Waals surface area contributed by atoms with Gasteiger partial charge in [-0.1, -0.05) is 24.3 Å². The molecule has 0 bridgehead atoms. The Hall–Kier alpha value is -1.06. The third-order valence-electron chi connectivity index (χ3n) is 5.09. The van der Waals surface area contributed by atoms with Crippen LogP contribution in [-0.4, -0.2) is 25.5 Å². The highest BCUT2D eigenvalue weighted by Crippen LogP contribution is 2.60. The maximum absolute atomic E-state index is 12.4. The van der Waals surface area contributed by atoms with Crippen molar-refractivity contribution < 1.29 is 4.79 Å². The van der Waals surface area contributed by atoms with Crippen LogP contribution in [0.15, 0.2) is 24.3 Å². The van der Waals surface area contributed by atoms with Gasteiger partial charge < -0.3 is 10.6 Å². The Labute approximate surface area is 133 Å². The fraction of sp³-hybridized carbons (Fsp3) is 0.588. The number of amides is 1. The lowest BCUT2D eigenvalue weighted by molar-refractivity contribution is -0.122. The molecule has 0 aromatic heterocycles. The molecule has 1 aromatic carbocycles. The number of likely N-dealkylation sites (N-methyl/N-ethyl adjacent to an activating group) is 1. The van der Waals surface area contributed by atoms with Gasteiger partial charge in [-0.3, -0.25) is 4.79 Å². The first-order valence-electron chi connectivity index (χ1n) is 7.71. The van der Waals surface area contributed by atoms with E-state index in [1.807, 2.05) is 7.05 Å². The maximum Gasteiger partial charge on any atom is 0.224 e. The predicted octanol–water partition coefficient (Wildman–Crippen LogP) is 2.43. The summed E-state index contributed by atoms with van der Waals surface area (Å²) >= 11 is 0. The molecule has 3 atom stereocenters. The Kier molecular flexibility index (Phi) is 4.95. The molecule has 0 heterocycles. The van der Waals surface area contributed by atoms with Crippen LogP contribution in [0, 0.1) is 5.92 Å². The summed E-state index contributed by atoms with van der Waals surface area (Å²) in [5.74, 6) is 0.428. The van der Waals surface area contributed by atoms with Gasteiger partial charge in [0.25, 0.3) is 0 Å². The molecule has 21 heavy (non-hydrogen) atoms. The van der Waals surface area contributed by atoms with E-state index in [0.717, 1.165) is 6.42 Å². The zero-order valence-corrected chi connectivity index (χ0v) is 13.6. The van der Waals surface area contributed by atoms with Crippen molar-refractivity contribution in [2.45, 2.75) is 44.1 Å². The molecule has 1 fully saturated rings. The van der Waals surface area contributed by atoms with Crippen molar-refractivity contribution in [1.29, 1.82) is 0 Å². The van der Waals surface area contributed by atoms with E-state index in [9.17, 15) is 4.79 Å². The first kappa shape index (κ1) is 16.3. The lowest BCUT2D eigenvalue weighted by atomic mass is 9.78. The van der Waals surface area contributed by atoms with Crippen LogP contribution in [0.25, 0.3) is 0 Å². The lowest BCUT2D eigenvalue weighted by Gasteiger charge is -2.26. The van der Waals surface area contributed by atoms with E-state index in [1.54, 1.807) is 0 Å². The molecular weight excluding hydrogens is 284 g/mol. The molecule has 1 aromatic rings. The van der Waals surface area contributed by atoms with Gasteiger partial charge in [0.2, 0.25) is 5.91 Å². The standard InChI is InChI=1S/C17H24N2O.ClH/c1-12(18-2)11-19-16(20)15-10-17(15)9-5-7-13-6-3-4-8-14(13)17;/h3-4,6,8,12,15,18H,5,7,9-11H2,1-2H3,(H,19,20);1H. The average molecular weight is 309 g/mol. The predicted molar refractivity (Wildman–Crippen MR) is 87.9 cm³/mol. The van der Waals surface area contributed by atoms with Crippen LogP contribution >= 0.6 is 12.4 Å². The minimum Gasteiger partial charge on any atom is -0.354 e. The SMILES string of the molecule is CNC(C)CNC(=O)C1CC12CCCc1ccccc12.Cl. The number of fused-ring (bicyclic) bond motifs is 2. The van der Waals surface area contributed by atoms with Crippen molar-refractivity contribution in [2.75, 3.05) is 13.6 Å². The Morgan fingerprint density at radius 3 is 2.95 bits per heavy atom. The number of carbonyl (C=O) groups excluding carboxylic acids is 1. The molecule has 0 radical (unpaired) electrons. The number of nitrogens with one attached hydrogen (secondary N) is 2. The summed E-state index contributed by atoms with van der Waals surface area (Å²) in [7, 11) is 1.92. The monoisotopic (exact) mass is 308 g/mol. The van der Waals surface area contributed by atoms with Gasteiger partial charge >= 0.3 is 0 Å². The topological polar surface area (TPSA) is 41.1 Å². The van der Waals surface area contributed by atoms with Crippen molar-refractivity contribution in [3.8, 4) is 0 Å². The fourth-order valence-corrected chi connectivity index (χ4v) is 3.65. The highest BCUT2D eigenvalue weighted by Gasteiger charge is 2.59. The number of hydrogen-bond acceptors (Lipinski definition) is 2. The van der Waals surface area contributed by atoms with Gasteiger partial charge in [0.15, 0.2) is 0 Å². The molecule has 1 spiro atoms. The first-order valence-corrected chi connectivity index (χ1v) is 7.71. The smallest absolute Gasteiger partial charge is 0.224 e. The van der Waals surface area contributed by atoms with Crippen LogP contribution < -0.4 is 10.6 Å². The second-order valence-electron chi connectivity index (χ2n) is 6.36. The van der Waals surface area contributed by atoms with E-state index >= 15 is 0 Å². The Morgan fingerprint density at radius 2 is 2.19 bits per heavy atom. The van der Waals surface area contributed by atoms with Gasteiger partial charge in [-0.15, -0.1) is 12.4 Å². The van der Waals surface area contributed by atoms with Crippen molar-refractivity contribution >= 4 is 18.3 Å². The number of hydrogen-bond donors (Lipinski definition) is 2. The van der Waals surface area contributed by atoms with E-state index in [4.69, 9.17) is 0 Å². The Bertz CT molecular complexity index is 519. The summed E-state index contributed by atoms with van der Waals surface area (Å²) in [5.41, 5.74) is 3.05. The summed E-state index contributed by atoms with van der Waals surface area (Å²) < 4.78 is 0. The zero-order valence-electron chi connectivity index (χ0n) is 12.8. The molecule has 116 valence electrons. The minimum atomic E-state index is 0. The number of aryl methyl sites for hydroxylation is 1. The van der Waals surface area contributed by atoms with Crippen LogP contribution in [0.2, 0.25) is 0 Å².